The molecule has 48 heavy (non-hydrogen) atoms. The first kappa shape index (κ1) is 33.2. The number of nitrogens with one attached hydrogen (secondary N) is 1. The Morgan fingerprint density at radius 3 is 2.23 bits per heavy atom. The molecule has 5 atom stereocenters. The van der Waals surface area contributed by atoms with E-state index < -0.39 is 43.8 Å². The van der Waals surface area contributed by atoms with Gasteiger partial charge in [0.15, 0.2) is 0 Å². The van der Waals surface area contributed by atoms with Crippen LogP contribution in [0.4, 0.5) is 0 Å². The van der Waals surface area contributed by atoms with Crippen molar-refractivity contribution in [1.29, 1.82) is 0 Å². The lowest BCUT2D eigenvalue weighted by molar-refractivity contribution is -0.0919. The number of nitrogens with zero attached hydrogens (tertiary/aromatic N) is 2. The first-order chi connectivity index (χ1) is 23.4. The van der Waals surface area contributed by atoms with Gasteiger partial charge in [0.2, 0.25) is 0 Å². The summed E-state index contributed by atoms with van der Waals surface area (Å²) in [6, 6.07) is 26.1. The minimum absolute atomic E-state index is 0.111. The Morgan fingerprint density at radius 1 is 0.938 bits per heavy atom. The average Bonchev–Trinajstić information content (AvgIpc) is 3.85. The van der Waals surface area contributed by atoms with E-state index >= 15 is 0 Å². The molecule has 3 fully saturated rings. The van der Waals surface area contributed by atoms with E-state index in [0.717, 1.165) is 47.6 Å². The molecule has 0 aliphatic carbocycles. The standard InChI is InChI=1S/C35H37BrN3O8P/c1-42-27-14-10-24(11-15-27)35(23-7-4-3-5-8-23,25-12-16-28(43-2)17-13-25)44-22-31-30(47-48-39-18-6-9-26(39)21-45-48)19-32(46-31)38-20-29(36)33(40)37-34(38)41/h3-5,7-8,10-17,20,26,30-32H,6,9,18-19,21-22H2,1-2H3,(H,37,40,41)/t26-,30?,31?,32?,48+/m1/s1. The summed E-state index contributed by atoms with van der Waals surface area (Å²) in [7, 11) is 1.98. The van der Waals surface area contributed by atoms with Gasteiger partial charge in [-0.15, -0.1) is 0 Å². The summed E-state index contributed by atoms with van der Waals surface area (Å²) in [5.41, 5.74) is 0.546. The topological polar surface area (TPSA) is 113 Å². The largest absolute Gasteiger partial charge is 0.497 e. The van der Waals surface area contributed by atoms with Crippen LogP contribution >= 0.6 is 24.5 Å². The molecule has 0 radical (unpaired) electrons. The second kappa shape index (κ2) is 14.2. The fourth-order valence-electron chi connectivity index (χ4n) is 6.72. The highest BCUT2D eigenvalue weighted by molar-refractivity contribution is 9.10. The van der Waals surface area contributed by atoms with Crippen LogP contribution in [0, 0.1) is 0 Å². The van der Waals surface area contributed by atoms with Gasteiger partial charge in [-0.1, -0.05) is 54.6 Å². The lowest BCUT2D eigenvalue weighted by Crippen LogP contribution is -2.38. The molecule has 4 heterocycles. The molecular formula is C35H37BrN3O8P. The van der Waals surface area contributed by atoms with Crippen molar-refractivity contribution >= 4 is 24.5 Å². The lowest BCUT2D eigenvalue weighted by atomic mass is 9.80. The molecule has 252 valence electrons. The van der Waals surface area contributed by atoms with Crippen molar-refractivity contribution in [2.45, 2.75) is 49.3 Å². The van der Waals surface area contributed by atoms with E-state index in [9.17, 15) is 9.59 Å². The minimum Gasteiger partial charge on any atom is -0.497 e. The molecular weight excluding hydrogens is 701 g/mol. The Hall–Kier alpha value is -3.35. The number of hydrogen-bond acceptors (Lipinski definition) is 9. The van der Waals surface area contributed by atoms with Gasteiger partial charge in [0.25, 0.3) is 14.1 Å². The summed E-state index contributed by atoms with van der Waals surface area (Å²) < 4.78 is 41.6. The number of benzene rings is 3. The third-order valence-corrected chi connectivity index (χ3v) is 11.5. The molecule has 13 heteroatoms. The molecule has 11 nitrogen and oxygen atoms in total. The molecule has 3 saturated heterocycles. The first-order valence-corrected chi connectivity index (χ1v) is 17.8. The third-order valence-electron chi connectivity index (χ3n) is 9.21. The van der Waals surface area contributed by atoms with E-state index in [1.807, 2.05) is 78.9 Å². The molecule has 3 aromatic carbocycles. The second-order valence-electron chi connectivity index (χ2n) is 12.0. The van der Waals surface area contributed by atoms with Gasteiger partial charge in [0.05, 0.1) is 38.0 Å². The van der Waals surface area contributed by atoms with Gasteiger partial charge in [-0.3, -0.25) is 14.3 Å². The van der Waals surface area contributed by atoms with Crippen LogP contribution in [0.15, 0.2) is 99.1 Å². The van der Waals surface area contributed by atoms with Crippen molar-refractivity contribution in [2.24, 2.45) is 0 Å². The number of ether oxygens (including phenoxy) is 4. The predicted octanol–water partition coefficient (Wildman–Crippen LogP) is 5.72. The van der Waals surface area contributed by atoms with Crippen molar-refractivity contribution in [3.63, 3.8) is 0 Å². The average molecular weight is 739 g/mol. The maximum Gasteiger partial charge on any atom is 0.330 e. The number of hydrogen-bond donors (Lipinski definition) is 1. The maximum absolute atomic E-state index is 12.9. The van der Waals surface area contributed by atoms with Crippen LogP contribution in [-0.4, -0.2) is 66.4 Å². The highest BCUT2D eigenvalue weighted by Gasteiger charge is 2.47. The highest BCUT2D eigenvalue weighted by atomic mass is 79.9. The summed E-state index contributed by atoms with van der Waals surface area (Å²) in [6.07, 6.45) is 2.27. The molecule has 1 aromatic heterocycles. The number of H-pyrrole nitrogens is 1. The summed E-state index contributed by atoms with van der Waals surface area (Å²) in [5.74, 6) is 1.45. The van der Waals surface area contributed by atoms with E-state index in [0.29, 0.717) is 19.1 Å². The molecule has 0 amide bonds. The molecule has 7 rings (SSSR count). The SMILES string of the molecule is COc1ccc(C(OCC2OC(n3cc(Br)c(=O)[nH]c3=O)CC2O[P@]2OC[C@H]3CCCN32)(c2ccccc2)c2ccc(OC)cc2)cc1. The van der Waals surface area contributed by atoms with Crippen molar-refractivity contribution in [3.8, 4) is 11.5 Å². The molecule has 4 aromatic rings. The Labute approximate surface area is 287 Å². The Kier molecular flexibility index (Phi) is 9.84. The number of methoxy groups -OCH3 is 2. The van der Waals surface area contributed by atoms with E-state index in [2.05, 4.69) is 25.6 Å². The minimum atomic E-state index is -1.30. The Balaban J connectivity index is 1.27. The van der Waals surface area contributed by atoms with Crippen LogP contribution in [0.2, 0.25) is 0 Å². The first-order valence-electron chi connectivity index (χ1n) is 15.9. The zero-order chi connectivity index (χ0) is 33.3. The van der Waals surface area contributed by atoms with Crippen molar-refractivity contribution in [2.75, 3.05) is 34.0 Å². The fourth-order valence-corrected chi connectivity index (χ4v) is 8.88. The number of aromatic nitrogens is 2. The van der Waals surface area contributed by atoms with Crippen LogP contribution in [0.25, 0.3) is 0 Å². The van der Waals surface area contributed by atoms with Crippen LogP contribution in [0.1, 0.15) is 42.2 Å². The predicted molar refractivity (Wildman–Crippen MR) is 183 cm³/mol. The number of aromatic amines is 1. The number of halogens is 1. The van der Waals surface area contributed by atoms with Crippen LogP contribution < -0.4 is 20.7 Å². The molecule has 3 unspecified atom stereocenters. The zero-order valence-corrected chi connectivity index (χ0v) is 29.1. The van der Waals surface area contributed by atoms with Crippen LogP contribution in [-0.2, 0) is 24.1 Å². The normalized spacial score (nSPS) is 24.1. The molecule has 3 aliphatic rings. The van der Waals surface area contributed by atoms with Gasteiger partial charge in [-0.05, 0) is 69.7 Å². The fraction of sp³-hybridized carbons (Fsp3) is 0.371. The second-order valence-corrected chi connectivity index (χ2v) is 14.3. The quantitative estimate of drug-likeness (QED) is 0.153. The zero-order valence-electron chi connectivity index (χ0n) is 26.6. The van der Waals surface area contributed by atoms with Crippen molar-refractivity contribution in [3.05, 3.63) is 127 Å². The van der Waals surface area contributed by atoms with Gasteiger partial charge in [0, 0.05) is 25.2 Å². The molecule has 3 aliphatic heterocycles. The van der Waals surface area contributed by atoms with E-state index in [1.54, 1.807) is 14.2 Å². The molecule has 0 bridgehead atoms. The van der Waals surface area contributed by atoms with Gasteiger partial charge in [0.1, 0.15) is 29.4 Å². The van der Waals surface area contributed by atoms with Gasteiger partial charge < -0.3 is 28.0 Å². The van der Waals surface area contributed by atoms with Gasteiger partial charge >= 0.3 is 5.69 Å². The Morgan fingerprint density at radius 2 is 1.58 bits per heavy atom. The smallest absolute Gasteiger partial charge is 0.330 e. The monoisotopic (exact) mass is 737 g/mol. The Bertz CT molecular complexity index is 1770. The number of rotatable bonds is 11. The van der Waals surface area contributed by atoms with Crippen molar-refractivity contribution < 1.29 is 28.0 Å². The van der Waals surface area contributed by atoms with E-state index in [-0.39, 0.29) is 11.1 Å². The lowest BCUT2D eigenvalue weighted by Gasteiger charge is -2.37. The highest BCUT2D eigenvalue weighted by Crippen LogP contribution is 2.55. The molecule has 1 N–H and O–H groups in total. The van der Waals surface area contributed by atoms with Crippen LogP contribution in [0.3, 0.4) is 0 Å². The summed E-state index contributed by atoms with van der Waals surface area (Å²) in [5, 5.41) is 0. The van der Waals surface area contributed by atoms with Crippen molar-refractivity contribution in [1.82, 2.24) is 14.2 Å². The number of fused-ring (bicyclic) bond motifs is 1. The van der Waals surface area contributed by atoms with Crippen LogP contribution in [0.5, 0.6) is 11.5 Å². The van der Waals surface area contributed by atoms with E-state index in [4.69, 9.17) is 28.0 Å². The summed E-state index contributed by atoms with van der Waals surface area (Å²) in [6.45, 7) is 1.68. The molecule has 0 spiro atoms. The maximum atomic E-state index is 12.9. The third kappa shape index (κ3) is 6.38. The van der Waals surface area contributed by atoms with Gasteiger partial charge in [-0.2, -0.15) is 0 Å². The van der Waals surface area contributed by atoms with Gasteiger partial charge in [-0.25, -0.2) is 9.46 Å². The summed E-state index contributed by atoms with van der Waals surface area (Å²) >= 11 is 3.26. The molecule has 0 saturated carbocycles. The summed E-state index contributed by atoms with van der Waals surface area (Å²) in [4.78, 5) is 27.4. The van der Waals surface area contributed by atoms with E-state index in [1.165, 1.54) is 10.8 Å².